The van der Waals surface area contributed by atoms with Crippen molar-refractivity contribution < 1.29 is 0 Å². The minimum absolute atomic E-state index is 0.787. The molecule has 0 unspecified atom stereocenters. The molecule has 0 radical (unpaired) electrons. The quantitative estimate of drug-likeness (QED) is 0.817. The van der Waals surface area contributed by atoms with Crippen LogP contribution in [0.15, 0.2) is 18.3 Å². The van der Waals surface area contributed by atoms with Crippen LogP contribution >= 0.6 is 11.8 Å². The number of fused-ring (bicyclic) bond motifs is 1. The number of pyridine rings is 1. The molecular formula is C13H17N3S. The molecule has 1 aliphatic heterocycles. The van der Waals surface area contributed by atoms with Gasteiger partial charge in [0.1, 0.15) is 0 Å². The van der Waals surface area contributed by atoms with E-state index < -0.39 is 0 Å². The van der Waals surface area contributed by atoms with Gasteiger partial charge in [-0.05, 0) is 48.8 Å². The number of hydrogen-bond acceptors (Lipinski definition) is 3. The van der Waals surface area contributed by atoms with Gasteiger partial charge in [0.15, 0.2) is 11.5 Å². The predicted octanol–water partition coefficient (Wildman–Crippen LogP) is 2.72. The summed E-state index contributed by atoms with van der Waals surface area (Å²) in [5.74, 6) is 4.40. The number of nitrogens with zero attached hydrogens (tertiary/aromatic N) is 3. The van der Waals surface area contributed by atoms with Crippen LogP contribution in [0.4, 0.5) is 0 Å². The lowest BCUT2D eigenvalue weighted by atomic mass is 9.99. The summed E-state index contributed by atoms with van der Waals surface area (Å²) >= 11 is 2.07. The van der Waals surface area contributed by atoms with E-state index in [9.17, 15) is 0 Å². The van der Waals surface area contributed by atoms with Crippen molar-refractivity contribution in [3.8, 4) is 0 Å². The fourth-order valence-corrected chi connectivity index (χ4v) is 3.53. The minimum Gasteiger partial charge on any atom is -0.221 e. The van der Waals surface area contributed by atoms with Gasteiger partial charge < -0.3 is 0 Å². The molecule has 3 heterocycles. The summed E-state index contributed by atoms with van der Waals surface area (Å²) in [5.41, 5.74) is 2.19. The average Bonchev–Trinajstić information content (AvgIpc) is 2.71. The van der Waals surface area contributed by atoms with Gasteiger partial charge in [0.2, 0.25) is 0 Å². The van der Waals surface area contributed by atoms with Gasteiger partial charge in [-0.15, -0.1) is 0 Å². The number of rotatable bonds is 2. The largest absolute Gasteiger partial charge is 0.221 e. The van der Waals surface area contributed by atoms with Crippen LogP contribution in [0.1, 0.15) is 24.2 Å². The molecule has 1 fully saturated rings. The standard InChI is InChI=1S/C13H17N3S/c1-10-2-3-13-14-12(15-16(13)9-10)8-11-4-6-17-7-5-11/h2-3,9,11H,4-8H2,1H3. The lowest BCUT2D eigenvalue weighted by molar-refractivity contribution is 0.476. The van der Waals surface area contributed by atoms with Gasteiger partial charge in [0, 0.05) is 12.6 Å². The van der Waals surface area contributed by atoms with E-state index in [-0.39, 0.29) is 0 Å². The molecule has 2 aromatic rings. The van der Waals surface area contributed by atoms with E-state index in [1.807, 2.05) is 16.8 Å². The molecule has 0 bridgehead atoms. The number of thioether (sulfide) groups is 1. The Bertz CT molecular complexity index is 514. The van der Waals surface area contributed by atoms with Crippen molar-refractivity contribution in [2.75, 3.05) is 11.5 Å². The van der Waals surface area contributed by atoms with E-state index in [1.54, 1.807) is 0 Å². The molecule has 2 aromatic heterocycles. The number of hydrogen-bond donors (Lipinski definition) is 0. The molecule has 1 saturated heterocycles. The van der Waals surface area contributed by atoms with E-state index in [4.69, 9.17) is 0 Å². The summed E-state index contributed by atoms with van der Waals surface area (Å²) in [6.45, 7) is 2.08. The Morgan fingerprint density at radius 2 is 2.18 bits per heavy atom. The molecule has 0 saturated carbocycles. The molecule has 0 spiro atoms. The highest BCUT2D eigenvalue weighted by Gasteiger charge is 2.16. The Kier molecular flexibility index (Phi) is 3.05. The first-order valence-corrected chi connectivity index (χ1v) is 7.36. The highest BCUT2D eigenvalue weighted by atomic mass is 32.2. The molecule has 0 N–H and O–H groups in total. The maximum absolute atomic E-state index is 4.59. The first-order valence-electron chi connectivity index (χ1n) is 6.21. The predicted molar refractivity (Wildman–Crippen MR) is 71.5 cm³/mol. The van der Waals surface area contributed by atoms with Crippen LogP contribution in [0.3, 0.4) is 0 Å². The Morgan fingerprint density at radius 1 is 1.35 bits per heavy atom. The minimum atomic E-state index is 0.787. The van der Waals surface area contributed by atoms with Gasteiger partial charge in [-0.25, -0.2) is 9.50 Å². The van der Waals surface area contributed by atoms with Gasteiger partial charge in [-0.3, -0.25) is 0 Å². The van der Waals surface area contributed by atoms with E-state index in [1.165, 1.54) is 29.9 Å². The van der Waals surface area contributed by atoms with Crippen LogP contribution < -0.4 is 0 Å². The molecule has 0 aliphatic carbocycles. The molecule has 90 valence electrons. The molecular weight excluding hydrogens is 230 g/mol. The molecule has 0 amide bonds. The van der Waals surface area contributed by atoms with Crippen LogP contribution in [0.5, 0.6) is 0 Å². The maximum Gasteiger partial charge on any atom is 0.155 e. The molecule has 1 aliphatic rings. The zero-order valence-corrected chi connectivity index (χ0v) is 10.9. The van der Waals surface area contributed by atoms with Crippen molar-refractivity contribution >= 4 is 17.4 Å². The first kappa shape index (κ1) is 11.1. The van der Waals surface area contributed by atoms with Crippen molar-refractivity contribution in [2.45, 2.75) is 26.2 Å². The SMILES string of the molecule is Cc1ccc2nc(CC3CCSCC3)nn2c1. The van der Waals surface area contributed by atoms with Gasteiger partial charge in [-0.1, -0.05) is 6.07 Å². The molecule has 0 atom stereocenters. The van der Waals surface area contributed by atoms with Crippen LogP contribution in [-0.2, 0) is 6.42 Å². The van der Waals surface area contributed by atoms with Crippen molar-refractivity contribution in [1.82, 2.24) is 14.6 Å². The summed E-state index contributed by atoms with van der Waals surface area (Å²) in [6, 6.07) is 4.13. The summed E-state index contributed by atoms with van der Waals surface area (Å²) in [5, 5.41) is 4.57. The third kappa shape index (κ3) is 2.46. The molecule has 3 rings (SSSR count). The van der Waals surface area contributed by atoms with E-state index in [2.05, 4.69) is 34.8 Å². The topological polar surface area (TPSA) is 30.2 Å². The number of aromatic nitrogens is 3. The zero-order valence-electron chi connectivity index (χ0n) is 10.1. The van der Waals surface area contributed by atoms with Crippen molar-refractivity contribution in [1.29, 1.82) is 0 Å². The normalized spacial score (nSPS) is 17.7. The fourth-order valence-electron chi connectivity index (χ4n) is 2.33. The van der Waals surface area contributed by atoms with Crippen molar-refractivity contribution in [3.05, 3.63) is 29.7 Å². The highest BCUT2D eigenvalue weighted by molar-refractivity contribution is 7.99. The van der Waals surface area contributed by atoms with Crippen LogP contribution in [0.2, 0.25) is 0 Å². The summed E-state index contributed by atoms with van der Waals surface area (Å²) in [6.07, 6.45) is 5.72. The Hall–Kier alpha value is -1.03. The fraction of sp³-hybridized carbons (Fsp3) is 0.538. The van der Waals surface area contributed by atoms with E-state index in [0.29, 0.717) is 0 Å². The van der Waals surface area contributed by atoms with Gasteiger partial charge in [0.25, 0.3) is 0 Å². The second kappa shape index (κ2) is 4.69. The third-order valence-electron chi connectivity index (χ3n) is 3.33. The lowest BCUT2D eigenvalue weighted by Crippen LogP contribution is -2.13. The molecule has 17 heavy (non-hydrogen) atoms. The van der Waals surface area contributed by atoms with Gasteiger partial charge >= 0.3 is 0 Å². The van der Waals surface area contributed by atoms with Crippen LogP contribution in [0.25, 0.3) is 5.65 Å². The summed E-state index contributed by atoms with van der Waals surface area (Å²) in [4.78, 5) is 4.59. The Labute approximate surface area is 106 Å². The third-order valence-corrected chi connectivity index (χ3v) is 4.38. The summed E-state index contributed by atoms with van der Waals surface area (Å²) in [7, 11) is 0. The van der Waals surface area contributed by atoms with Crippen LogP contribution in [-0.4, -0.2) is 26.1 Å². The van der Waals surface area contributed by atoms with E-state index in [0.717, 1.165) is 23.8 Å². The Balaban J connectivity index is 1.80. The monoisotopic (exact) mass is 247 g/mol. The smallest absolute Gasteiger partial charge is 0.155 e. The Morgan fingerprint density at radius 3 is 3.00 bits per heavy atom. The lowest BCUT2D eigenvalue weighted by Gasteiger charge is -2.19. The highest BCUT2D eigenvalue weighted by Crippen LogP contribution is 2.25. The average molecular weight is 247 g/mol. The van der Waals surface area contributed by atoms with Crippen molar-refractivity contribution in [2.24, 2.45) is 5.92 Å². The molecule has 4 heteroatoms. The molecule has 3 nitrogen and oxygen atoms in total. The van der Waals surface area contributed by atoms with Gasteiger partial charge in [0.05, 0.1) is 0 Å². The van der Waals surface area contributed by atoms with Gasteiger partial charge in [-0.2, -0.15) is 16.9 Å². The first-order chi connectivity index (χ1) is 8.31. The number of aryl methyl sites for hydroxylation is 1. The van der Waals surface area contributed by atoms with Crippen molar-refractivity contribution in [3.63, 3.8) is 0 Å². The molecule has 0 aromatic carbocycles. The summed E-state index contributed by atoms with van der Waals surface area (Å²) < 4.78 is 1.91. The maximum atomic E-state index is 4.59. The second-order valence-electron chi connectivity index (χ2n) is 4.80. The second-order valence-corrected chi connectivity index (χ2v) is 6.02. The zero-order chi connectivity index (χ0) is 11.7. The van der Waals surface area contributed by atoms with E-state index >= 15 is 0 Å². The van der Waals surface area contributed by atoms with Crippen LogP contribution in [0, 0.1) is 12.8 Å².